The number of nitrogens with zero attached hydrogens (tertiary/aromatic N) is 1. The van der Waals surface area contributed by atoms with Crippen LogP contribution in [0, 0.1) is 0 Å². The molecule has 0 aromatic rings. The second-order valence-electron chi connectivity index (χ2n) is 4.05. The maximum Gasteiger partial charge on any atom is 0.0900 e. The van der Waals surface area contributed by atoms with Crippen molar-refractivity contribution in [3.8, 4) is 0 Å². The summed E-state index contributed by atoms with van der Waals surface area (Å²) in [5, 5.41) is 19.1. The Morgan fingerprint density at radius 3 is 2.06 bits per heavy atom. The van der Waals surface area contributed by atoms with Gasteiger partial charge in [0.25, 0.3) is 0 Å². The van der Waals surface area contributed by atoms with Gasteiger partial charge in [0.05, 0.1) is 38.6 Å². The van der Waals surface area contributed by atoms with Crippen LogP contribution in [0.25, 0.3) is 0 Å². The van der Waals surface area contributed by atoms with Crippen molar-refractivity contribution in [3.63, 3.8) is 0 Å². The molecular weight excluding hydrogens is 226 g/mol. The molecule has 0 spiro atoms. The Bertz CT molecular complexity index is 170. The van der Waals surface area contributed by atoms with Crippen molar-refractivity contribution in [1.82, 2.24) is 4.90 Å². The largest absolute Gasteiger partial charge is 0.389 e. The van der Waals surface area contributed by atoms with Gasteiger partial charge in [0, 0.05) is 27.3 Å². The number of hydrogen-bond acceptors (Lipinski definition) is 6. The minimum atomic E-state index is -0.563. The molecule has 6 nitrogen and oxygen atoms in total. The highest BCUT2D eigenvalue weighted by Crippen LogP contribution is 1.94. The molecule has 0 saturated heterocycles. The lowest BCUT2D eigenvalue weighted by Crippen LogP contribution is -2.38. The van der Waals surface area contributed by atoms with E-state index < -0.39 is 12.2 Å². The number of aliphatic hydroxyl groups is 2. The molecule has 0 aliphatic rings. The fraction of sp³-hybridized carbons (Fsp3) is 1.00. The minimum Gasteiger partial charge on any atom is -0.389 e. The SMILES string of the molecule is COCCOCC(O)CN(C)CC(O)COC. The van der Waals surface area contributed by atoms with Crippen molar-refractivity contribution >= 4 is 0 Å². The highest BCUT2D eigenvalue weighted by atomic mass is 16.5. The zero-order valence-corrected chi connectivity index (χ0v) is 11.0. The molecule has 0 bridgehead atoms. The highest BCUT2D eigenvalue weighted by molar-refractivity contribution is 4.65. The van der Waals surface area contributed by atoms with Crippen LogP contribution in [-0.4, -0.2) is 88.1 Å². The van der Waals surface area contributed by atoms with E-state index in [9.17, 15) is 10.2 Å². The molecule has 0 saturated carbocycles. The third-order valence-electron chi connectivity index (χ3n) is 2.15. The maximum absolute atomic E-state index is 9.64. The van der Waals surface area contributed by atoms with E-state index in [1.807, 2.05) is 11.9 Å². The zero-order chi connectivity index (χ0) is 13.1. The van der Waals surface area contributed by atoms with Gasteiger partial charge in [-0.3, -0.25) is 0 Å². The summed E-state index contributed by atoms with van der Waals surface area (Å²) in [6, 6.07) is 0. The Kier molecular flexibility index (Phi) is 10.7. The number of aliphatic hydroxyl groups excluding tert-OH is 2. The quantitative estimate of drug-likeness (QED) is 0.457. The van der Waals surface area contributed by atoms with Gasteiger partial charge in [0.15, 0.2) is 0 Å². The van der Waals surface area contributed by atoms with Crippen LogP contribution < -0.4 is 0 Å². The van der Waals surface area contributed by atoms with E-state index >= 15 is 0 Å². The average Bonchev–Trinajstić information content (AvgIpc) is 2.24. The molecule has 0 heterocycles. The van der Waals surface area contributed by atoms with E-state index in [4.69, 9.17) is 14.2 Å². The fourth-order valence-corrected chi connectivity index (χ4v) is 1.45. The van der Waals surface area contributed by atoms with E-state index in [1.165, 1.54) is 0 Å². The standard InChI is InChI=1S/C11H25NO5/c1-12(6-10(13)8-16-3)7-11(14)9-17-5-4-15-2/h10-11,13-14H,4-9H2,1-3H3. The fourth-order valence-electron chi connectivity index (χ4n) is 1.45. The summed E-state index contributed by atoms with van der Waals surface area (Å²) in [6.07, 6.45) is -1.10. The molecule has 0 amide bonds. The van der Waals surface area contributed by atoms with E-state index in [2.05, 4.69) is 0 Å². The number of rotatable bonds is 11. The second kappa shape index (κ2) is 10.9. The van der Waals surface area contributed by atoms with Crippen LogP contribution in [0.3, 0.4) is 0 Å². The smallest absolute Gasteiger partial charge is 0.0900 e. The van der Waals surface area contributed by atoms with Crippen molar-refractivity contribution < 1.29 is 24.4 Å². The van der Waals surface area contributed by atoms with Crippen LogP contribution in [0.15, 0.2) is 0 Å². The molecule has 2 N–H and O–H groups in total. The van der Waals surface area contributed by atoms with Crippen LogP contribution in [-0.2, 0) is 14.2 Å². The van der Waals surface area contributed by atoms with Crippen molar-refractivity contribution in [3.05, 3.63) is 0 Å². The van der Waals surface area contributed by atoms with Gasteiger partial charge >= 0.3 is 0 Å². The van der Waals surface area contributed by atoms with Crippen LogP contribution in [0.4, 0.5) is 0 Å². The number of methoxy groups -OCH3 is 2. The van der Waals surface area contributed by atoms with E-state index in [1.54, 1.807) is 14.2 Å². The summed E-state index contributed by atoms with van der Waals surface area (Å²) in [5.41, 5.74) is 0. The zero-order valence-electron chi connectivity index (χ0n) is 11.0. The Labute approximate surface area is 103 Å². The first-order valence-corrected chi connectivity index (χ1v) is 5.70. The minimum absolute atomic E-state index is 0.272. The van der Waals surface area contributed by atoms with Gasteiger partial charge in [-0.15, -0.1) is 0 Å². The first-order valence-electron chi connectivity index (χ1n) is 5.70. The molecule has 17 heavy (non-hydrogen) atoms. The lowest BCUT2D eigenvalue weighted by molar-refractivity contribution is -0.00797. The predicted molar refractivity (Wildman–Crippen MR) is 64.1 cm³/mol. The molecule has 104 valence electrons. The van der Waals surface area contributed by atoms with Crippen molar-refractivity contribution in [2.45, 2.75) is 12.2 Å². The normalized spacial score (nSPS) is 15.2. The molecule has 2 unspecified atom stereocenters. The molecule has 0 aliphatic carbocycles. The van der Waals surface area contributed by atoms with Gasteiger partial charge in [0.2, 0.25) is 0 Å². The lowest BCUT2D eigenvalue weighted by Gasteiger charge is -2.22. The van der Waals surface area contributed by atoms with Gasteiger partial charge in [-0.1, -0.05) is 0 Å². The summed E-state index contributed by atoms with van der Waals surface area (Å²) in [6.45, 7) is 2.48. The molecule has 6 heteroatoms. The summed E-state index contributed by atoms with van der Waals surface area (Å²) < 4.78 is 14.8. The Hall–Kier alpha value is -0.240. The summed E-state index contributed by atoms with van der Waals surface area (Å²) in [4.78, 5) is 1.84. The molecule has 0 aliphatic heterocycles. The number of ether oxygens (including phenoxy) is 3. The predicted octanol–water partition coefficient (Wildman–Crippen LogP) is -1.05. The molecular formula is C11H25NO5. The van der Waals surface area contributed by atoms with Crippen LogP contribution in [0.1, 0.15) is 0 Å². The highest BCUT2D eigenvalue weighted by Gasteiger charge is 2.12. The number of hydrogen-bond donors (Lipinski definition) is 2. The van der Waals surface area contributed by atoms with Crippen molar-refractivity contribution in [1.29, 1.82) is 0 Å². The van der Waals surface area contributed by atoms with Gasteiger partial charge < -0.3 is 29.3 Å². The van der Waals surface area contributed by atoms with E-state index in [-0.39, 0.29) is 6.61 Å². The molecule has 0 radical (unpaired) electrons. The molecule has 0 rings (SSSR count). The average molecular weight is 251 g/mol. The lowest BCUT2D eigenvalue weighted by atomic mass is 10.3. The molecule has 0 aromatic carbocycles. The first-order chi connectivity index (χ1) is 8.10. The van der Waals surface area contributed by atoms with Crippen LogP contribution in [0.5, 0.6) is 0 Å². The molecule has 0 fully saturated rings. The van der Waals surface area contributed by atoms with E-state index in [0.717, 1.165) is 0 Å². The van der Waals surface area contributed by atoms with Crippen LogP contribution in [0.2, 0.25) is 0 Å². The Morgan fingerprint density at radius 2 is 1.53 bits per heavy atom. The third kappa shape index (κ3) is 10.6. The van der Waals surface area contributed by atoms with Gasteiger partial charge in [0.1, 0.15) is 0 Å². The Morgan fingerprint density at radius 1 is 0.941 bits per heavy atom. The van der Waals surface area contributed by atoms with Crippen LogP contribution >= 0.6 is 0 Å². The summed E-state index contributed by atoms with van der Waals surface area (Å²) >= 11 is 0. The number of likely N-dealkylation sites (N-methyl/N-ethyl adjacent to an activating group) is 1. The van der Waals surface area contributed by atoms with Gasteiger partial charge in [-0.2, -0.15) is 0 Å². The third-order valence-corrected chi connectivity index (χ3v) is 2.15. The first kappa shape index (κ1) is 16.8. The van der Waals surface area contributed by atoms with Gasteiger partial charge in [-0.25, -0.2) is 0 Å². The van der Waals surface area contributed by atoms with E-state index in [0.29, 0.717) is 32.9 Å². The molecule has 2 atom stereocenters. The second-order valence-corrected chi connectivity index (χ2v) is 4.05. The van der Waals surface area contributed by atoms with Gasteiger partial charge in [-0.05, 0) is 7.05 Å². The maximum atomic E-state index is 9.64. The topological polar surface area (TPSA) is 71.4 Å². The summed E-state index contributed by atoms with van der Waals surface area (Å²) in [5.74, 6) is 0. The monoisotopic (exact) mass is 251 g/mol. The van der Waals surface area contributed by atoms with Crippen molar-refractivity contribution in [2.24, 2.45) is 0 Å². The van der Waals surface area contributed by atoms with Crippen molar-refractivity contribution in [2.75, 3.05) is 60.8 Å². The Balaban J connectivity index is 3.54. The summed E-state index contributed by atoms with van der Waals surface area (Å²) in [7, 11) is 4.98. The molecule has 0 aromatic heterocycles.